The van der Waals surface area contributed by atoms with Crippen LogP contribution in [0.25, 0.3) is 5.69 Å². The van der Waals surface area contributed by atoms with Gasteiger partial charge in [0.15, 0.2) is 5.69 Å². The van der Waals surface area contributed by atoms with Crippen LogP contribution in [0.5, 0.6) is 0 Å². The van der Waals surface area contributed by atoms with E-state index < -0.39 is 17.8 Å². The summed E-state index contributed by atoms with van der Waals surface area (Å²) in [6.07, 6.45) is 0.293. The molecule has 1 aliphatic heterocycles. The van der Waals surface area contributed by atoms with Gasteiger partial charge in [-0.2, -0.15) is 23.4 Å². The molecule has 1 aliphatic rings. The van der Waals surface area contributed by atoms with Crippen LogP contribution in [-0.2, 0) is 10.9 Å². The molecule has 174 valence electrons. The normalized spacial score (nSPS) is 21.1. The zero-order chi connectivity index (χ0) is 23.6. The van der Waals surface area contributed by atoms with E-state index in [1.165, 1.54) is 29.5 Å². The van der Waals surface area contributed by atoms with Gasteiger partial charge in [0.25, 0.3) is 5.91 Å². The topological polar surface area (TPSA) is 98.1 Å². The van der Waals surface area contributed by atoms with E-state index in [0.717, 1.165) is 12.3 Å². The molecule has 0 saturated carbocycles. The average Bonchev–Trinajstić information content (AvgIpc) is 3.32. The number of anilines is 1. The van der Waals surface area contributed by atoms with E-state index in [4.69, 9.17) is 4.74 Å². The van der Waals surface area contributed by atoms with Crippen molar-refractivity contribution in [2.24, 2.45) is 0 Å². The Bertz CT molecular complexity index is 1090. The van der Waals surface area contributed by atoms with E-state index in [1.54, 1.807) is 17.0 Å². The van der Waals surface area contributed by atoms with Crippen LogP contribution in [0, 0.1) is 0 Å². The molecule has 0 aliphatic carbocycles. The minimum absolute atomic E-state index is 0.188. The minimum Gasteiger partial charge on any atom is -0.372 e. The first-order chi connectivity index (χ1) is 15.7. The molecule has 3 atom stereocenters. The van der Waals surface area contributed by atoms with Crippen LogP contribution in [-0.4, -0.2) is 67.1 Å². The van der Waals surface area contributed by atoms with Gasteiger partial charge >= 0.3 is 6.18 Å². The summed E-state index contributed by atoms with van der Waals surface area (Å²) in [6, 6.07) is 5.19. The third-order valence-corrected chi connectivity index (χ3v) is 5.31. The molecular formula is C21H22F3N7O2. The Morgan fingerprint density at radius 1 is 1.15 bits per heavy atom. The Balaban J connectivity index is 1.56. The Kier molecular flexibility index (Phi) is 6.27. The molecule has 1 amide bonds. The number of ether oxygens (including phenoxy) is 1. The third-order valence-electron chi connectivity index (χ3n) is 5.31. The van der Waals surface area contributed by atoms with Crippen molar-refractivity contribution in [1.29, 1.82) is 0 Å². The predicted molar refractivity (Wildman–Crippen MR) is 112 cm³/mol. The van der Waals surface area contributed by atoms with E-state index in [1.807, 2.05) is 13.8 Å². The van der Waals surface area contributed by atoms with Gasteiger partial charge in [-0.3, -0.25) is 4.79 Å². The lowest BCUT2D eigenvalue weighted by atomic mass is 10.1. The molecular weight excluding hydrogens is 439 g/mol. The highest BCUT2D eigenvalue weighted by molar-refractivity contribution is 5.96. The fraction of sp³-hybridized carbons (Fsp3) is 0.381. The summed E-state index contributed by atoms with van der Waals surface area (Å²) in [5.41, 5.74) is -0.203. The van der Waals surface area contributed by atoms with Gasteiger partial charge in [-0.1, -0.05) is 0 Å². The van der Waals surface area contributed by atoms with Crippen molar-refractivity contribution in [2.45, 2.75) is 38.3 Å². The zero-order valence-electron chi connectivity index (χ0n) is 17.9. The van der Waals surface area contributed by atoms with E-state index in [2.05, 4.69) is 25.5 Å². The fourth-order valence-electron chi connectivity index (χ4n) is 3.75. The van der Waals surface area contributed by atoms with Crippen molar-refractivity contribution >= 4 is 11.7 Å². The number of rotatable bonds is 5. The Morgan fingerprint density at radius 2 is 1.91 bits per heavy atom. The summed E-state index contributed by atoms with van der Waals surface area (Å²) in [5.74, 6) is -0.0578. The van der Waals surface area contributed by atoms with Crippen molar-refractivity contribution < 1.29 is 22.7 Å². The number of hydrogen-bond donors (Lipinski definition) is 1. The number of morpholine rings is 1. The number of carbonyl (C=O) groups is 1. The molecule has 1 N–H and O–H groups in total. The lowest BCUT2D eigenvalue weighted by Crippen LogP contribution is -2.58. The fourth-order valence-corrected chi connectivity index (χ4v) is 3.75. The van der Waals surface area contributed by atoms with E-state index in [-0.39, 0.29) is 36.2 Å². The van der Waals surface area contributed by atoms with Crippen LogP contribution in [0.1, 0.15) is 29.9 Å². The number of amides is 1. The summed E-state index contributed by atoms with van der Waals surface area (Å²) in [4.78, 5) is 24.6. The number of pyridine rings is 2. The molecule has 33 heavy (non-hydrogen) atoms. The largest absolute Gasteiger partial charge is 0.417 e. The van der Waals surface area contributed by atoms with Crippen LogP contribution < -0.4 is 5.32 Å². The molecule has 0 spiro atoms. The average molecular weight is 461 g/mol. The molecule has 1 fully saturated rings. The van der Waals surface area contributed by atoms with Gasteiger partial charge in [-0.15, -0.1) is 4.80 Å². The van der Waals surface area contributed by atoms with Gasteiger partial charge in [0.05, 0.1) is 36.2 Å². The highest BCUT2D eigenvalue weighted by atomic mass is 19.4. The maximum atomic E-state index is 13.6. The van der Waals surface area contributed by atoms with Crippen LogP contribution in [0.15, 0.2) is 49.1 Å². The molecule has 1 saturated heterocycles. The van der Waals surface area contributed by atoms with Crippen molar-refractivity contribution in [2.75, 3.05) is 18.4 Å². The predicted octanol–water partition coefficient (Wildman–Crippen LogP) is 2.81. The molecule has 0 aromatic carbocycles. The molecule has 0 radical (unpaired) electrons. The number of nitrogens with one attached hydrogen (secondary N) is 1. The number of alkyl halides is 3. The molecule has 12 heteroatoms. The zero-order valence-corrected chi connectivity index (χ0v) is 17.9. The summed E-state index contributed by atoms with van der Waals surface area (Å²) >= 11 is 0. The summed E-state index contributed by atoms with van der Waals surface area (Å²) in [6.45, 7) is 4.25. The standard InChI is InChI=1S/C21H22F3N7O2/c1-13-12-30(20(32)19-16(4-3-7-25-19)31-28-8-9-29-31)17(14(2)33-13)11-27-18-6-5-15(10-26-18)21(22,23)24/h3-10,13-14,17H,11-12H2,1-2H3,(H,26,27). The Hall–Kier alpha value is -3.54. The van der Waals surface area contributed by atoms with Gasteiger partial charge in [0, 0.05) is 25.5 Å². The first kappa shape index (κ1) is 22.6. The van der Waals surface area contributed by atoms with Gasteiger partial charge in [0.1, 0.15) is 11.5 Å². The number of aromatic nitrogens is 5. The van der Waals surface area contributed by atoms with Gasteiger partial charge in [0.2, 0.25) is 0 Å². The van der Waals surface area contributed by atoms with Crippen molar-refractivity contribution in [3.8, 4) is 5.69 Å². The van der Waals surface area contributed by atoms with Crippen molar-refractivity contribution in [1.82, 2.24) is 29.9 Å². The van der Waals surface area contributed by atoms with Crippen LogP contribution in [0.3, 0.4) is 0 Å². The Labute approximate surface area is 187 Å². The number of carbonyl (C=O) groups excluding carboxylic acids is 1. The summed E-state index contributed by atoms with van der Waals surface area (Å²) in [5, 5.41) is 11.2. The van der Waals surface area contributed by atoms with Crippen molar-refractivity contribution in [3.05, 3.63) is 60.3 Å². The second-order valence-corrected chi connectivity index (χ2v) is 7.68. The van der Waals surface area contributed by atoms with Crippen LogP contribution in [0.4, 0.5) is 19.0 Å². The van der Waals surface area contributed by atoms with Crippen molar-refractivity contribution in [3.63, 3.8) is 0 Å². The maximum absolute atomic E-state index is 13.6. The molecule has 3 unspecified atom stereocenters. The summed E-state index contributed by atoms with van der Waals surface area (Å²) < 4.78 is 44.3. The monoisotopic (exact) mass is 461 g/mol. The molecule has 4 rings (SSSR count). The minimum atomic E-state index is -4.46. The van der Waals surface area contributed by atoms with E-state index in [0.29, 0.717) is 12.2 Å². The Morgan fingerprint density at radius 3 is 2.58 bits per heavy atom. The second kappa shape index (κ2) is 9.14. The third kappa shape index (κ3) is 4.95. The highest BCUT2D eigenvalue weighted by Gasteiger charge is 2.37. The molecule has 9 nitrogen and oxygen atoms in total. The number of nitrogens with zero attached hydrogens (tertiary/aromatic N) is 6. The van der Waals surface area contributed by atoms with Crippen LogP contribution in [0.2, 0.25) is 0 Å². The molecule has 4 heterocycles. The SMILES string of the molecule is CC1CN(C(=O)c2ncccc2-n2nccn2)C(CNc2ccc(C(F)(F)F)cn2)C(C)O1. The summed E-state index contributed by atoms with van der Waals surface area (Å²) in [7, 11) is 0. The first-order valence-corrected chi connectivity index (χ1v) is 10.3. The number of hydrogen-bond acceptors (Lipinski definition) is 7. The molecule has 3 aromatic rings. The maximum Gasteiger partial charge on any atom is 0.417 e. The van der Waals surface area contributed by atoms with E-state index in [9.17, 15) is 18.0 Å². The molecule has 3 aromatic heterocycles. The second-order valence-electron chi connectivity index (χ2n) is 7.68. The first-order valence-electron chi connectivity index (χ1n) is 10.3. The number of halogens is 3. The lowest BCUT2D eigenvalue weighted by Gasteiger charge is -2.42. The lowest BCUT2D eigenvalue weighted by molar-refractivity contribution is -0.137. The van der Waals surface area contributed by atoms with Gasteiger partial charge in [-0.05, 0) is 38.1 Å². The molecule has 0 bridgehead atoms. The quantitative estimate of drug-likeness (QED) is 0.624. The highest BCUT2D eigenvalue weighted by Crippen LogP contribution is 2.29. The van der Waals surface area contributed by atoms with Gasteiger partial charge < -0.3 is 15.0 Å². The van der Waals surface area contributed by atoms with Gasteiger partial charge in [-0.25, -0.2) is 9.97 Å². The van der Waals surface area contributed by atoms with E-state index >= 15 is 0 Å². The smallest absolute Gasteiger partial charge is 0.372 e. The van der Waals surface area contributed by atoms with Crippen LogP contribution >= 0.6 is 0 Å².